The average Bonchev–Trinajstić information content (AvgIpc) is 2.75. The van der Waals surface area contributed by atoms with Gasteiger partial charge in [-0.25, -0.2) is 0 Å². The molecule has 0 saturated carbocycles. The first-order valence-corrected chi connectivity index (χ1v) is 10.7. The molecule has 0 radical (unpaired) electrons. The van der Waals surface area contributed by atoms with Gasteiger partial charge in [0.1, 0.15) is 12.4 Å². The maximum absolute atomic E-state index is 11.4. The second kappa shape index (κ2) is 8.94. The molecule has 1 aromatic heterocycles. The maximum Gasteiger partial charge on any atom is 0.309 e. The van der Waals surface area contributed by atoms with E-state index in [1.165, 1.54) is 0 Å². The zero-order valence-corrected chi connectivity index (χ0v) is 18.1. The van der Waals surface area contributed by atoms with Crippen LogP contribution >= 0.6 is 0 Å². The van der Waals surface area contributed by atoms with Gasteiger partial charge in [0.05, 0.1) is 10.9 Å². The number of pyridine rings is 1. The van der Waals surface area contributed by atoms with Crippen molar-refractivity contribution in [3.63, 3.8) is 0 Å². The van der Waals surface area contributed by atoms with E-state index in [1.54, 1.807) is 0 Å². The summed E-state index contributed by atoms with van der Waals surface area (Å²) in [6, 6.07) is 18.1. The van der Waals surface area contributed by atoms with E-state index in [1.807, 2.05) is 56.3 Å². The molecule has 0 amide bonds. The van der Waals surface area contributed by atoms with Crippen LogP contribution in [0.25, 0.3) is 10.9 Å². The molecule has 0 spiro atoms. The number of ether oxygens (including phenoxy) is 1. The minimum absolute atomic E-state index is 0.574. The van der Waals surface area contributed by atoms with Crippen molar-refractivity contribution in [1.29, 1.82) is 0 Å². The van der Waals surface area contributed by atoms with Crippen molar-refractivity contribution in [2.45, 2.75) is 26.7 Å². The van der Waals surface area contributed by atoms with Gasteiger partial charge in [-0.15, -0.1) is 0 Å². The summed E-state index contributed by atoms with van der Waals surface area (Å²) in [4.78, 5) is 18.3. The quantitative estimate of drug-likeness (QED) is 0.570. The topological polar surface area (TPSA) is 74.7 Å². The number of nitrogens with one attached hydrogen (secondary N) is 1. The van der Waals surface area contributed by atoms with Crippen molar-refractivity contribution in [3.8, 4) is 5.75 Å². The van der Waals surface area contributed by atoms with E-state index in [-0.39, 0.29) is 0 Å². The highest BCUT2D eigenvalue weighted by Gasteiger charge is 2.36. The number of aryl methyl sites for hydroxylation is 1. The number of benzene rings is 2. The molecule has 1 fully saturated rings. The number of carbonyl (C=O) groups is 1. The van der Waals surface area contributed by atoms with Crippen molar-refractivity contribution >= 4 is 28.2 Å². The predicted molar refractivity (Wildman–Crippen MR) is 123 cm³/mol. The van der Waals surface area contributed by atoms with Crippen molar-refractivity contribution in [2.24, 2.45) is 5.41 Å². The Morgan fingerprint density at radius 1 is 1.16 bits per heavy atom. The summed E-state index contributed by atoms with van der Waals surface area (Å²) in [5, 5.41) is 13.9. The number of hydrogen-bond donors (Lipinski definition) is 2. The maximum atomic E-state index is 11.4. The number of aromatic nitrogens is 1. The van der Waals surface area contributed by atoms with E-state index >= 15 is 0 Å². The molecule has 2 heterocycles. The number of piperidine rings is 1. The van der Waals surface area contributed by atoms with Crippen molar-refractivity contribution in [1.82, 2.24) is 9.88 Å². The molecule has 0 unspecified atom stereocenters. The van der Waals surface area contributed by atoms with E-state index in [0.29, 0.717) is 19.4 Å². The van der Waals surface area contributed by atoms with Crippen molar-refractivity contribution in [2.75, 3.05) is 31.6 Å². The van der Waals surface area contributed by atoms with Crippen LogP contribution in [-0.4, -0.2) is 47.2 Å². The number of hydrogen-bond acceptors (Lipinski definition) is 5. The predicted octanol–water partition coefficient (Wildman–Crippen LogP) is 4.85. The highest BCUT2D eigenvalue weighted by molar-refractivity contribution is 5.93. The van der Waals surface area contributed by atoms with Crippen molar-refractivity contribution < 1.29 is 14.6 Å². The van der Waals surface area contributed by atoms with Gasteiger partial charge in [0.15, 0.2) is 0 Å². The molecule has 31 heavy (non-hydrogen) atoms. The van der Waals surface area contributed by atoms with Crippen LogP contribution in [0.5, 0.6) is 5.75 Å². The SMILES string of the molecule is Cc1cc(Nc2cccc(OCCN3CCC(C)(C(=O)O)CC3)c2)c2ccccc2n1. The molecule has 6 heteroatoms. The molecule has 2 aromatic carbocycles. The van der Waals surface area contributed by atoms with Gasteiger partial charge in [-0.3, -0.25) is 14.7 Å². The molecule has 3 aromatic rings. The molecule has 1 aliphatic rings. The summed E-state index contributed by atoms with van der Waals surface area (Å²) in [7, 11) is 0. The van der Waals surface area contributed by atoms with Gasteiger partial charge in [0.25, 0.3) is 0 Å². The van der Waals surface area contributed by atoms with Crippen molar-refractivity contribution in [3.05, 3.63) is 60.3 Å². The van der Waals surface area contributed by atoms with Crippen LogP contribution < -0.4 is 10.1 Å². The standard InChI is InChI=1S/C25H29N3O3/c1-18-16-23(21-8-3-4-9-22(21)26-18)27-19-6-5-7-20(17-19)31-15-14-28-12-10-25(2,11-13-28)24(29)30/h3-9,16-17H,10-15H2,1-2H3,(H,26,27)(H,29,30). The van der Waals surface area contributed by atoms with Crippen LogP contribution in [0.15, 0.2) is 54.6 Å². The Hall–Kier alpha value is -3.12. The summed E-state index contributed by atoms with van der Waals surface area (Å²) >= 11 is 0. The summed E-state index contributed by atoms with van der Waals surface area (Å²) in [6.45, 7) is 6.79. The van der Waals surface area contributed by atoms with Gasteiger partial charge in [0.2, 0.25) is 0 Å². The fourth-order valence-electron chi connectivity index (χ4n) is 4.01. The lowest BCUT2D eigenvalue weighted by molar-refractivity contribution is -0.150. The van der Waals surface area contributed by atoms with Crippen LogP contribution in [0.2, 0.25) is 0 Å². The van der Waals surface area contributed by atoms with Crippen LogP contribution in [0.1, 0.15) is 25.5 Å². The molecule has 162 valence electrons. The smallest absolute Gasteiger partial charge is 0.309 e. The van der Waals surface area contributed by atoms with Crippen LogP contribution in [0.3, 0.4) is 0 Å². The lowest BCUT2D eigenvalue weighted by atomic mass is 9.80. The first-order valence-electron chi connectivity index (χ1n) is 10.7. The summed E-state index contributed by atoms with van der Waals surface area (Å²) < 4.78 is 5.99. The van der Waals surface area contributed by atoms with Crippen LogP contribution in [0, 0.1) is 12.3 Å². The third-order valence-corrected chi connectivity index (χ3v) is 6.11. The van der Waals surface area contributed by atoms with Gasteiger partial charge < -0.3 is 15.2 Å². The second-order valence-electron chi connectivity index (χ2n) is 8.54. The average molecular weight is 420 g/mol. The van der Waals surface area contributed by atoms with Gasteiger partial charge in [-0.05, 0) is 64.0 Å². The van der Waals surface area contributed by atoms with Gasteiger partial charge in [-0.1, -0.05) is 24.3 Å². The summed E-state index contributed by atoms with van der Waals surface area (Å²) in [5.41, 5.74) is 3.33. The van der Waals surface area contributed by atoms with Crippen LogP contribution in [-0.2, 0) is 4.79 Å². The largest absolute Gasteiger partial charge is 0.492 e. The second-order valence-corrected chi connectivity index (χ2v) is 8.54. The number of carboxylic acid groups (broad SMARTS) is 1. The molecule has 1 aliphatic heterocycles. The molecular weight excluding hydrogens is 390 g/mol. The Morgan fingerprint density at radius 2 is 1.94 bits per heavy atom. The minimum atomic E-state index is -0.690. The zero-order chi connectivity index (χ0) is 21.8. The number of fused-ring (bicyclic) bond motifs is 1. The number of anilines is 2. The number of likely N-dealkylation sites (tertiary alicyclic amines) is 1. The number of para-hydroxylation sites is 1. The molecule has 4 rings (SSSR count). The highest BCUT2D eigenvalue weighted by Crippen LogP contribution is 2.31. The summed E-state index contributed by atoms with van der Waals surface area (Å²) in [5.74, 6) is 0.123. The Morgan fingerprint density at radius 3 is 2.71 bits per heavy atom. The molecule has 0 bridgehead atoms. The highest BCUT2D eigenvalue weighted by atomic mass is 16.5. The monoisotopic (exact) mass is 419 g/mol. The third-order valence-electron chi connectivity index (χ3n) is 6.11. The Balaban J connectivity index is 1.35. The fraction of sp³-hybridized carbons (Fsp3) is 0.360. The normalized spacial score (nSPS) is 16.2. The Labute approximate surface area is 182 Å². The number of aliphatic carboxylic acids is 1. The van der Waals surface area contributed by atoms with Crippen LogP contribution in [0.4, 0.5) is 11.4 Å². The first kappa shape index (κ1) is 21.1. The van der Waals surface area contributed by atoms with E-state index < -0.39 is 11.4 Å². The molecule has 0 atom stereocenters. The lowest BCUT2D eigenvalue weighted by Gasteiger charge is -2.36. The molecule has 0 aliphatic carbocycles. The molecule has 6 nitrogen and oxygen atoms in total. The molecule has 1 saturated heterocycles. The molecule has 2 N–H and O–H groups in total. The van der Waals surface area contributed by atoms with E-state index in [0.717, 1.165) is 53.4 Å². The first-order chi connectivity index (χ1) is 14.9. The van der Waals surface area contributed by atoms with Gasteiger partial charge >= 0.3 is 5.97 Å². The molecular formula is C25H29N3O3. The van der Waals surface area contributed by atoms with E-state index in [4.69, 9.17) is 4.74 Å². The Kier molecular flexibility index (Phi) is 6.09. The Bertz CT molecular complexity index is 1070. The summed E-state index contributed by atoms with van der Waals surface area (Å²) in [6.07, 6.45) is 1.36. The third kappa shape index (κ3) is 4.97. The van der Waals surface area contributed by atoms with Gasteiger partial charge in [0, 0.05) is 35.1 Å². The van der Waals surface area contributed by atoms with E-state index in [2.05, 4.69) is 27.3 Å². The lowest BCUT2D eigenvalue weighted by Crippen LogP contribution is -2.43. The zero-order valence-electron chi connectivity index (χ0n) is 18.1. The minimum Gasteiger partial charge on any atom is -0.492 e. The number of nitrogens with zero attached hydrogens (tertiary/aromatic N) is 2. The fourth-order valence-corrected chi connectivity index (χ4v) is 4.01. The number of rotatable bonds is 7. The number of carboxylic acids is 1. The van der Waals surface area contributed by atoms with Gasteiger partial charge in [-0.2, -0.15) is 0 Å². The van der Waals surface area contributed by atoms with E-state index in [9.17, 15) is 9.90 Å².